The van der Waals surface area contributed by atoms with E-state index in [1.54, 1.807) is 24.4 Å². The lowest BCUT2D eigenvalue weighted by Crippen LogP contribution is -2.05. The molecule has 5 nitrogen and oxygen atoms in total. The van der Waals surface area contributed by atoms with E-state index in [9.17, 15) is 4.79 Å². The largest absolute Gasteiger partial charge is 0.487 e. The monoisotopic (exact) mass is 357 g/mol. The Morgan fingerprint density at radius 3 is 2.63 bits per heavy atom. The molecule has 134 valence electrons. The van der Waals surface area contributed by atoms with Crippen LogP contribution in [0.4, 0.5) is 5.69 Å². The van der Waals surface area contributed by atoms with E-state index in [-0.39, 0.29) is 5.78 Å². The lowest BCUT2D eigenvalue weighted by Gasteiger charge is -2.11. The van der Waals surface area contributed by atoms with Crippen molar-refractivity contribution < 1.29 is 9.53 Å². The average Bonchev–Trinajstić information content (AvgIpc) is 2.72. The molecule has 0 bridgehead atoms. The van der Waals surface area contributed by atoms with Crippen LogP contribution in [0.3, 0.4) is 0 Å². The zero-order valence-corrected chi connectivity index (χ0v) is 15.0. The van der Waals surface area contributed by atoms with Crippen LogP contribution in [0.5, 0.6) is 5.75 Å². The number of carbonyl (C=O) groups is 1. The zero-order chi connectivity index (χ0) is 19.1. The maximum atomic E-state index is 11.8. The molecule has 0 aliphatic rings. The van der Waals surface area contributed by atoms with Crippen molar-refractivity contribution in [3.63, 3.8) is 0 Å². The molecule has 0 radical (unpaired) electrons. The Hall–Kier alpha value is -3.65. The molecular weight excluding hydrogens is 338 g/mol. The van der Waals surface area contributed by atoms with Crippen LogP contribution in [-0.4, -0.2) is 10.8 Å². The Kier molecular flexibility index (Phi) is 5.80. The summed E-state index contributed by atoms with van der Waals surface area (Å²) < 4.78 is 5.73. The van der Waals surface area contributed by atoms with Gasteiger partial charge in [-0.2, -0.15) is 5.26 Å². The Morgan fingerprint density at radius 1 is 1.15 bits per heavy atom. The predicted molar refractivity (Wildman–Crippen MR) is 103 cm³/mol. The molecule has 0 aliphatic heterocycles. The first-order valence-electron chi connectivity index (χ1n) is 8.56. The van der Waals surface area contributed by atoms with Gasteiger partial charge >= 0.3 is 0 Å². The van der Waals surface area contributed by atoms with E-state index >= 15 is 0 Å². The number of hydrogen-bond acceptors (Lipinski definition) is 5. The summed E-state index contributed by atoms with van der Waals surface area (Å²) in [5, 5.41) is 12.3. The molecule has 2 aromatic carbocycles. The van der Waals surface area contributed by atoms with Gasteiger partial charge in [-0.05, 0) is 55.0 Å². The first-order chi connectivity index (χ1) is 13.2. The lowest BCUT2D eigenvalue weighted by atomic mass is 10.1. The van der Waals surface area contributed by atoms with Crippen molar-refractivity contribution in [1.82, 2.24) is 4.98 Å². The van der Waals surface area contributed by atoms with Crippen LogP contribution in [-0.2, 0) is 13.2 Å². The number of ketones is 1. The van der Waals surface area contributed by atoms with Crippen LogP contribution in [0.25, 0.3) is 0 Å². The van der Waals surface area contributed by atoms with Gasteiger partial charge in [-0.25, -0.2) is 0 Å². The number of nitrogens with zero attached hydrogens (tertiary/aromatic N) is 2. The molecule has 3 rings (SSSR count). The van der Waals surface area contributed by atoms with Gasteiger partial charge in [-0.3, -0.25) is 9.78 Å². The third-order valence-corrected chi connectivity index (χ3v) is 4.05. The van der Waals surface area contributed by atoms with E-state index in [1.807, 2.05) is 42.5 Å². The van der Waals surface area contributed by atoms with E-state index < -0.39 is 0 Å². The van der Waals surface area contributed by atoms with Crippen LogP contribution < -0.4 is 10.1 Å². The van der Waals surface area contributed by atoms with Crippen LogP contribution in [0.2, 0.25) is 0 Å². The fraction of sp³-hybridized carbons (Fsp3) is 0.136. The van der Waals surface area contributed by atoms with Crippen molar-refractivity contribution >= 4 is 11.5 Å². The quantitative estimate of drug-likeness (QED) is 0.636. The first kappa shape index (κ1) is 18.2. The van der Waals surface area contributed by atoms with Gasteiger partial charge in [0.2, 0.25) is 0 Å². The SMILES string of the molecule is CC(=O)c1ccc(C#N)cc1NCc1ccc(OCc2ccccn2)cc1. The van der Waals surface area contributed by atoms with Crippen LogP contribution in [0.15, 0.2) is 66.9 Å². The minimum Gasteiger partial charge on any atom is -0.487 e. The predicted octanol–water partition coefficient (Wildman–Crippen LogP) is 4.35. The highest BCUT2D eigenvalue weighted by molar-refractivity contribution is 5.99. The van der Waals surface area contributed by atoms with Gasteiger partial charge in [0.15, 0.2) is 5.78 Å². The number of benzene rings is 2. The van der Waals surface area contributed by atoms with Crippen molar-refractivity contribution in [2.45, 2.75) is 20.1 Å². The van der Waals surface area contributed by atoms with E-state index in [2.05, 4.69) is 16.4 Å². The van der Waals surface area contributed by atoms with E-state index in [0.717, 1.165) is 17.0 Å². The molecule has 0 amide bonds. The maximum Gasteiger partial charge on any atom is 0.161 e. The van der Waals surface area contributed by atoms with Gasteiger partial charge in [0, 0.05) is 24.0 Å². The number of carbonyl (C=O) groups excluding carboxylic acids is 1. The Labute approximate surface area is 158 Å². The number of nitriles is 1. The fourth-order valence-corrected chi connectivity index (χ4v) is 2.61. The summed E-state index contributed by atoms with van der Waals surface area (Å²) in [6.07, 6.45) is 1.74. The highest BCUT2D eigenvalue weighted by Crippen LogP contribution is 2.20. The number of anilines is 1. The van der Waals surface area contributed by atoms with Crippen molar-refractivity contribution in [2.24, 2.45) is 0 Å². The second kappa shape index (κ2) is 8.63. The van der Waals surface area contributed by atoms with E-state index in [0.29, 0.717) is 30.0 Å². The normalized spacial score (nSPS) is 10.1. The minimum absolute atomic E-state index is 0.0414. The molecule has 0 fully saturated rings. The summed E-state index contributed by atoms with van der Waals surface area (Å²) in [5.41, 5.74) is 3.66. The number of hydrogen-bond donors (Lipinski definition) is 1. The molecule has 0 saturated heterocycles. The number of nitrogens with one attached hydrogen (secondary N) is 1. The third-order valence-electron chi connectivity index (χ3n) is 4.05. The van der Waals surface area contributed by atoms with E-state index in [4.69, 9.17) is 10.00 Å². The molecule has 5 heteroatoms. The average molecular weight is 357 g/mol. The highest BCUT2D eigenvalue weighted by Gasteiger charge is 2.08. The Balaban J connectivity index is 1.62. The van der Waals surface area contributed by atoms with Crippen LogP contribution in [0, 0.1) is 11.3 Å². The number of ether oxygens (including phenoxy) is 1. The second-order valence-electron chi connectivity index (χ2n) is 6.04. The van der Waals surface area contributed by atoms with E-state index in [1.165, 1.54) is 6.92 Å². The highest BCUT2D eigenvalue weighted by atomic mass is 16.5. The molecule has 3 aromatic rings. The number of Topliss-reactive ketones (excluding diaryl/α,β-unsaturated/α-hetero) is 1. The smallest absolute Gasteiger partial charge is 0.161 e. The number of pyridine rings is 1. The Bertz CT molecular complexity index is 961. The summed E-state index contributed by atoms with van der Waals surface area (Å²) in [5.74, 6) is 0.723. The summed E-state index contributed by atoms with van der Waals surface area (Å²) in [6, 6.07) is 20.6. The lowest BCUT2D eigenvalue weighted by molar-refractivity contribution is 0.101. The van der Waals surface area contributed by atoms with Gasteiger partial charge < -0.3 is 10.1 Å². The topological polar surface area (TPSA) is 75.0 Å². The Morgan fingerprint density at radius 2 is 1.96 bits per heavy atom. The van der Waals surface area contributed by atoms with Gasteiger partial charge in [-0.15, -0.1) is 0 Å². The molecule has 1 aromatic heterocycles. The summed E-state index contributed by atoms with van der Waals surface area (Å²) >= 11 is 0. The molecule has 0 atom stereocenters. The first-order valence-corrected chi connectivity index (χ1v) is 8.56. The number of rotatable bonds is 7. The van der Waals surface area contributed by atoms with Crippen molar-refractivity contribution in [2.75, 3.05) is 5.32 Å². The van der Waals surface area contributed by atoms with Gasteiger partial charge in [0.1, 0.15) is 12.4 Å². The third kappa shape index (κ3) is 4.93. The molecular formula is C22H19N3O2. The van der Waals surface area contributed by atoms with Crippen molar-refractivity contribution in [1.29, 1.82) is 5.26 Å². The van der Waals surface area contributed by atoms with Crippen molar-refractivity contribution in [3.8, 4) is 11.8 Å². The molecule has 0 spiro atoms. The number of aromatic nitrogens is 1. The van der Waals surface area contributed by atoms with Gasteiger partial charge in [0.05, 0.1) is 17.3 Å². The molecule has 0 aliphatic carbocycles. The maximum absolute atomic E-state index is 11.8. The fourth-order valence-electron chi connectivity index (χ4n) is 2.61. The minimum atomic E-state index is -0.0414. The molecule has 1 heterocycles. The van der Waals surface area contributed by atoms with Crippen LogP contribution >= 0.6 is 0 Å². The summed E-state index contributed by atoms with van der Waals surface area (Å²) in [6.45, 7) is 2.47. The zero-order valence-electron chi connectivity index (χ0n) is 15.0. The summed E-state index contributed by atoms with van der Waals surface area (Å²) in [7, 11) is 0. The van der Waals surface area contributed by atoms with Crippen molar-refractivity contribution in [3.05, 3.63) is 89.2 Å². The summed E-state index contributed by atoms with van der Waals surface area (Å²) in [4.78, 5) is 16.0. The molecule has 0 unspecified atom stereocenters. The molecule has 27 heavy (non-hydrogen) atoms. The second-order valence-corrected chi connectivity index (χ2v) is 6.04. The van der Waals surface area contributed by atoms with Gasteiger partial charge in [0.25, 0.3) is 0 Å². The standard InChI is InChI=1S/C22H19N3O2/c1-16(26)21-10-7-18(13-23)12-22(21)25-14-17-5-8-20(9-6-17)27-15-19-4-2-3-11-24-19/h2-12,25H,14-15H2,1H3. The van der Waals surface area contributed by atoms with Gasteiger partial charge in [-0.1, -0.05) is 18.2 Å². The van der Waals surface area contributed by atoms with Crippen LogP contribution in [0.1, 0.15) is 34.1 Å². The molecule has 0 saturated carbocycles. The molecule has 1 N–H and O–H groups in total.